The van der Waals surface area contributed by atoms with Gasteiger partial charge in [0.2, 0.25) is 5.91 Å². The smallest absolute Gasteiger partial charge is 0.227 e. The summed E-state index contributed by atoms with van der Waals surface area (Å²) in [6, 6.07) is 17.7. The van der Waals surface area contributed by atoms with Crippen LogP contribution >= 0.6 is 0 Å². The van der Waals surface area contributed by atoms with Gasteiger partial charge in [0.15, 0.2) is 0 Å². The van der Waals surface area contributed by atoms with Gasteiger partial charge in [0, 0.05) is 18.3 Å². The van der Waals surface area contributed by atoms with Crippen molar-refractivity contribution >= 4 is 11.6 Å². The molecule has 0 saturated heterocycles. The molecular formula is C18H22N2O. The molecule has 2 aromatic carbocycles. The van der Waals surface area contributed by atoms with Crippen molar-refractivity contribution in [3.8, 4) is 0 Å². The number of nitrogens with two attached hydrogens (primary N) is 1. The van der Waals surface area contributed by atoms with E-state index >= 15 is 0 Å². The Balaban J connectivity index is 2.07. The van der Waals surface area contributed by atoms with Crippen molar-refractivity contribution < 1.29 is 4.79 Å². The molecule has 0 aromatic heterocycles. The summed E-state index contributed by atoms with van der Waals surface area (Å²) >= 11 is 0. The molecule has 0 fully saturated rings. The van der Waals surface area contributed by atoms with Crippen LogP contribution in [-0.2, 0) is 17.8 Å². The summed E-state index contributed by atoms with van der Waals surface area (Å²) in [5.74, 6) is 0.138. The minimum Gasteiger partial charge on any atom is -0.399 e. The van der Waals surface area contributed by atoms with Gasteiger partial charge in [-0.2, -0.15) is 0 Å². The lowest BCUT2D eigenvalue weighted by molar-refractivity contribution is -0.132. The third-order valence-electron chi connectivity index (χ3n) is 3.47. The predicted molar refractivity (Wildman–Crippen MR) is 86.7 cm³/mol. The number of anilines is 1. The van der Waals surface area contributed by atoms with E-state index in [9.17, 15) is 4.79 Å². The molecule has 110 valence electrons. The van der Waals surface area contributed by atoms with Gasteiger partial charge in [0.05, 0.1) is 6.42 Å². The Hall–Kier alpha value is -2.29. The highest BCUT2D eigenvalue weighted by Crippen LogP contribution is 2.12. The molecule has 21 heavy (non-hydrogen) atoms. The average Bonchev–Trinajstić information content (AvgIpc) is 2.48. The number of amides is 1. The first-order valence-corrected chi connectivity index (χ1v) is 7.24. The molecule has 3 heteroatoms. The monoisotopic (exact) mass is 282 g/mol. The van der Waals surface area contributed by atoms with Crippen LogP contribution in [0.15, 0.2) is 54.6 Å². The van der Waals surface area contributed by atoms with E-state index in [-0.39, 0.29) is 11.9 Å². The number of hydrogen-bond donors (Lipinski definition) is 1. The van der Waals surface area contributed by atoms with Crippen molar-refractivity contribution in [2.75, 3.05) is 5.73 Å². The second kappa shape index (κ2) is 6.93. The highest BCUT2D eigenvalue weighted by molar-refractivity contribution is 5.79. The van der Waals surface area contributed by atoms with Crippen molar-refractivity contribution in [3.63, 3.8) is 0 Å². The van der Waals surface area contributed by atoms with Gasteiger partial charge < -0.3 is 10.6 Å². The first-order valence-electron chi connectivity index (χ1n) is 7.24. The minimum absolute atomic E-state index is 0.138. The van der Waals surface area contributed by atoms with Gasteiger partial charge in [0.25, 0.3) is 0 Å². The molecule has 0 radical (unpaired) electrons. The third kappa shape index (κ3) is 4.35. The number of nitrogens with zero attached hydrogens (tertiary/aromatic N) is 1. The second-order valence-corrected chi connectivity index (χ2v) is 5.52. The van der Waals surface area contributed by atoms with E-state index in [1.165, 1.54) is 0 Å². The molecule has 3 nitrogen and oxygen atoms in total. The molecule has 2 aromatic rings. The second-order valence-electron chi connectivity index (χ2n) is 5.52. The number of carbonyl (C=O) groups is 1. The highest BCUT2D eigenvalue weighted by atomic mass is 16.2. The van der Waals surface area contributed by atoms with Crippen LogP contribution < -0.4 is 5.73 Å². The van der Waals surface area contributed by atoms with Gasteiger partial charge in [-0.05, 0) is 37.1 Å². The maximum absolute atomic E-state index is 12.5. The van der Waals surface area contributed by atoms with Gasteiger partial charge in [0.1, 0.15) is 0 Å². The molecule has 1 amide bonds. The van der Waals surface area contributed by atoms with Crippen LogP contribution in [0.25, 0.3) is 0 Å². The number of rotatable bonds is 5. The fraction of sp³-hybridized carbons (Fsp3) is 0.278. The van der Waals surface area contributed by atoms with Crippen molar-refractivity contribution in [1.29, 1.82) is 0 Å². The van der Waals surface area contributed by atoms with Crippen LogP contribution in [0, 0.1) is 0 Å². The Kier molecular flexibility index (Phi) is 4.99. The lowest BCUT2D eigenvalue weighted by Crippen LogP contribution is -2.37. The highest BCUT2D eigenvalue weighted by Gasteiger charge is 2.17. The number of benzene rings is 2. The molecule has 0 bridgehead atoms. The molecule has 0 aliphatic heterocycles. The van der Waals surface area contributed by atoms with Gasteiger partial charge in [-0.25, -0.2) is 0 Å². The fourth-order valence-electron chi connectivity index (χ4n) is 2.25. The van der Waals surface area contributed by atoms with E-state index in [1.807, 2.05) is 73.3 Å². The van der Waals surface area contributed by atoms with E-state index in [0.29, 0.717) is 13.0 Å². The molecule has 2 N–H and O–H groups in total. The standard InChI is InChI=1S/C18H22N2O/c1-14(2)20(13-16-6-4-3-5-7-16)18(21)12-15-8-10-17(19)11-9-15/h3-11,14H,12-13,19H2,1-2H3. The van der Waals surface area contributed by atoms with Crippen LogP contribution in [0.5, 0.6) is 0 Å². The van der Waals surface area contributed by atoms with E-state index in [2.05, 4.69) is 0 Å². The Labute approximate surface area is 126 Å². The Morgan fingerprint density at radius 3 is 2.19 bits per heavy atom. The van der Waals surface area contributed by atoms with E-state index in [1.54, 1.807) is 0 Å². The minimum atomic E-state index is 0.138. The zero-order chi connectivity index (χ0) is 15.2. The molecule has 0 saturated carbocycles. The number of hydrogen-bond acceptors (Lipinski definition) is 2. The molecule has 2 rings (SSSR count). The summed E-state index contributed by atoms with van der Waals surface area (Å²) in [6.07, 6.45) is 0.408. The van der Waals surface area contributed by atoms with Crippen LogP contribution in [0.2, 0.25) is 0 Å². The van der Waals surface area contributed by atoms with E-state index in [4.69, 9.17) is 5.73 Å². The largest absolute Gasteiger partial charge is 0.399 e. The molecule has 0 spiro atoms. The normalized spacial score (nSPS) is 10.6. The predicted octanol–water partition coefficient (Wildman–Crippen LogP) is 3.25. The molecule has 0 aliphatic rings. The Bertz CT molecular complexity index is 576. The lowest BCUT2D eigenvalue weighted by Gasteiger charge is -2.27. The summed E-state index contributed by atoms with van der Waals surface area (Å²) in [5, 5.41) is 0. The summed E-state index contributed by atoms with van der Waals surface area (Å²) < 4.78 is 0. The first-order chi connectivity index (χ1) is 10.1. The summed E-state index contributed by atoms with van der Waals surface area (Å²) in [4.78, 5) is 14.4. The quantitative estimate of drug-likeness (QED) is 0.856. The van der Waals surface area contributed by atoms with Crippen LogP contribution in [0.3, 0.4) is 0 Å². The summed E-state index contributed by atoms with van der Waals surface area (Å²) in [6.45, 7) is 4.74. The van der Waals surface area contributed by atoms with Crippen molar-refractivity contribution in [3.05, 3.63) is 65.7 Å². The first kappa shape index (κ1) is 15.1. The van der Waals surface area contributed by atoms with Gasteiger partial charge in [-0.15, -0.1) is 0 Å². The molecular weight excluding hydrogens is 260 g/mol. The summed E-state index contributed by atoms with van der Waals surface area (Å²) in [7, 11) is 0. The number of nitrogen functional groups attached to an aromatic ring is 1. The van der Waals surface area contributed by atoms with Crippen LogP contribution in [0.1, 0.15) is 25.0 Å². The lowest BCUT2D eigenvalue weighted by atomic mass is 10.1. The fourth-order valence-corrected chi connectivity index (χ4v) is 2.25. The van der Waals surface area contributed by atoms with Gasteiger partial charge in [-0.1, -0.05) is 42.5 Å². The Morgan fingerprint density at radius 1 is 1.00 bits per heavy atom. The molecule has 0 unspecified atom stereocenters. The zero-order valence-electron chi connectivity index (χ0n) is 12.6. The summed E-state index contributed by atoms with van der Waals surface area (Å²) in [5.41, 5.74) is 8.53. The van der Waals surface area contributed by atoms with Gasteiger partial charge >= 0.3 is 0 Å². The maximum Gasteiger partial charge on any atom is 0.227 e. The average molecular weight is 282 g/mol. The van der Waals surface area contributed by atoms with Crippen LogP contribution in [0.4, 0.5) is 5.69 Å². The zero-order valence-corrected chi connectivity index (χ0v) is 12.6. The third-order valence-corrected chi connectivity index (χ3v) is 3.47. The van der Waals surface area contributed by atoms with Crippen molar-refractivity contribution in [1.82, 2.24) is 4.90 Å². The maximum atomic E-state index is 12.5. The van der Waals surface area contributed by atoms with Crippen molar-refractivity contribution in [2.45, 2.75) is 32.9 Å². The molecule has 0 atom stereocenters. The van der Waals surface area contributed by atoms with Crippen LogP contribution in [-0.4, -0.2) is 16.8 Å². The molecule has 0 heterocycles. The SMILES string of the molecule is CC(C)N(Cc1ccccc1)C(=O)Cc1ccc(N)cc1. The van der Waals surface area contributed by atoms with Crippen molar-refractivity contribution in [2.24, 2.45) is 0 Å². The Morgan fingerprint density at radius 2 is 1.62 bits per heavy atom. The van der Waals surface area contributed by atoms with Gasteiger partial charge in [-0.3, -0.25) is 4.79 Å². The molecule has 0 aliphatic carbocycles. The topological polar surface area (TPSA) is 46.3 Å². The van der Waals surface area contributed by atoms with E-state index in [0.717, 1.165) is 16.8 Å². The number of carbonyl (C=O) groups excluding carboxylic acids is 1. The van der Waals surface area contributed by atoms with E-state index < -0.39 is 0 Å².